The number of anilines is 1. The first-order chi connectivity index (χ1) is 9.60. The third kappa shape index (κ3) is 3.22. The van der Waals surface area contributed by atoms with E-state index in [-0.39, 0.29) is 12.5 Å². The number of hydrogen-bond acceptors (Lipinski definition) is 4. The molecule has 0 aromatic carbocycles. The zero-order chi connectivity index (χ0) is 14.5. The van der Waals surface area contributed by atoms with Gasteiger partial charge in [-0.3, -0.25) is 9.48 Å². The van der Waals surface area contributed by atoms with Gasteiger partial charge in [0, 0.05) is 18.8 Å². The minimum absolute atomic E-state index is 0.260. The molecule has 0 unspecified atom stereocenters. The van der Waals surface area contributed by atoms with E-state index in [0.29, 0.717) is 11.5 Å². The van der Waals surface area contributed by atoms with E-state index in [1.807, 2.05) is 6.92 Å². The topological polar surface area (TPSA) is 85.8 Å². The third-order valence-corrected chi connectivity index (χ3v) is 2.57. The lowest BCUT2D eigenvalue weighted by atomic mass is 10.2. The van der Waals surface area contributed by atoms with Gasteiger partial charge >= 0.3 is 0 Å². The van der Waals surface area contributed by atoms with Crippen LogP contribution in [0.1, 0.15) is 21.7 Å². The second-order valence-electron chi connectivity index (χ2n) is 4.18. The molecule has 2 aromatic heterocycles. The van der Waals surface area contributed by atoms with Gasteiger partial charge in [0.2, 0.25) is 0 Å². The van der Waals surface area contributed by atoms with Gasteiger partial charge in [-0.05, 0) is 25.1 Å². The maximum atomic E-state index is 12.1. The molecule has 0 saturated heterocycles. The van der Waals surface area contributed by atoms with Crippen LogP contribution in [0.2, 0.25) is 0 Å². The molecule has 0 spiro atoms. The molecule has 3 N–H and O–H groups in total. The van der Waals surface area contributed by atoms with Crippen molar-refractivity contribution in [3.63, 3.8) is 0 Å². The number of amides is 1. The molecule has 1 amide bonds. The van der Waals surface area contributed by atoms with Crippen molar-refractivity contribution in [1.29, 1.82) is 0 Å². The summed E-state index contributed by atoms with van der Waals surface area (Å²) in [7, 11) is 1.72. The summed E-state index contributed by atoms with van der Waals surface area (Å²) in [6, 6.07) is 5.17. The monoisotopic (exact) mass is 269 g/mol. The quantitative estimate of drug-likeness (QED) is 0.785. The molecular weight excluding hydrogens is 254 g/mol. The van der Waals surface area contributed by atoms with Gasteiger partial charge in [0.05, 0.1) is 12.2 Å². The number of nitrogens with zero attached hydrogens (tertiary/aromatic N) is 3. The Morgan fingerprint density at radius 1 is 1.50 bits per heavy atom. The summed E-state index contributed by atoms with van der Waals surface area (Å²) < 4.78 is 1.53. The lowest BCUT2D eigenvalue weighted by molar-refractivity contribution is 0.101. The SMILES string of the molecule is Cc1cc(C(=O)Nc2cc(C#CCN)ccn2)n(C)n1. The number of nitrogens with two attached hydrogens (primary N) is 1. The highest BCUT2D eigenvalue weighted by atomic mass is 16.2. The van der Waals surface area contributed by atoms with Crippen molar-refractivity contribution in [2.45, 2.75) is 6.92 Å². The number of carbonyl (C=O) groups excluding carboxylic acids is 1. The Morgan fingerprint density at radius 3 is 2.95 bits per heavy atom. The van der Waals surface area contributed by atoms with Crippen LogP contribution in [0.5, 0.6) is 0 Å². The fourth-order valence-electron chi connectivity index (χ4n) is 1.73. The summed E-state index contributed by atoms with van der Waals surface area (Å²) in [6.45, 7) is 2.12. The van der Waals surface area contributed by atoms with Crippen LogP contribution < -0.4 is 11.1 Å². The highest BCUT2D eigenvalue weighted by Gasteiger charge is 2.12. The van der Waals surface area contributed by atoms with E-state index in [9.17, 15) is 4.79 Å². The lowest BCUT2D eigenvalue weighted by Crippen LogP contribution is -2.16. The molecular formula is C14H15N5O. The first-order valence-electron chi connectivity index (χ1n) is 6.07. The molecule has 0 fully saturated rings. The van der Waals surface area contributed by atoms with Crippen molar-refractivity contribution >= 4 is 11.7 Å². The van der Waals surface area contributed by atoms with E-state index in [1.54, 1.807) is 31.4 Å². The van der Waals surface area contributed by atoms with Crippen molar-refractivity contribution in [2.75, 3.05) is 11.9 Å². The number of pyridine rings is 1. The summed E-state index contributed by atoms with van der Waals surface area (Å²) in [6.07, 6.45) is 1.59. The molecule has 0 saturated carbocycles. The zero-order valence-electron chi connectivity index (χ0n) is 11.3. The molecule has 0 radical (unpaired) electrons. The van der Waals surface area contributed by atoms with Gasteiger partial charge in [-0.15, -0.1) is 0 Å². The highest BCUT2D eigenvalue weighted by molar-refractivity contribution is 6.02. The normalized spacial score (nSPS) is 9.75. The van der Waals surface area contributed by atoms with Crippen LogP contribution >= 0.6 is 0 Å². The minimum Gasteiger partial charge on any atom is -0.320 e. The van der Waals surface area contributed by atoms with E-state index in [2.05, 4.69) is 27.2 Å². The van der Waals surface area contributed by atoms with Gasteiger partial charge in [-0.2, -0.15) is 5.10 Å². The fraction of sp³-hybridized carbons (Fsp3) is 0.214. The minimum atomic E-state index is -0.260. The van der Waals surface area contributed by atoms with Crippen molar-refractivity contribution < 1.29 is 4.79 Å². The molecule has 0 bridgehead atoms. The number of rotatable bonds is 2. The summed E-state index contributed by atoms with van der Waals surface area (Å²) in [5.74, 6) is 5.82. The van der Waals surface area contributed by atoms with Crippen molar-refractivity contribution in [3.05, 3.63) is 41.3 Å². The van der Waals surface area contributed by atoms with Gasteiger partial charge in [-0.1, -0.05) is 11.8 Å². The molecule has 2 aromatic rings. The second-order valence-corrected chi connectivity index (χ2v) is 4.18. The smallest absolute Gasteiger partial charge is 0.275 e. The van der Waals surface area contributed by atoms with E-state index in [1.165, 1.54) is 4.68 Å². The molecule has 102 valence electrons. The van der Waals surface area contributed by atoms with Crippen LogP contribution in [0.4, 0.5) is 5.82 Å². The summed E-state index contributed by atoms with van der Waals surface area (Å²) >= 11 is 0. The molecule has 6 heteroatoms. The van der Waals surface area contributed by atoms with Gasteiger partial charge in [0.15, 0.2) is 0 Å². The van der Waals surface area contributed by atoms with E-state index >= 15 is 0 Å². The molecule has 20 heavy (non-hydrogen) atoms. The maximum Gasteiger partial charge on any atom is 0.275 e. The second kappa shape index (κ2) is 5.99. The van der Waals surface area contributed by atoms with Crippen LogP contribution in [-0.2, 0) is 7.05 Å². The van der Waals surface area contributed by atoms with Crippen molar-refractivity contribution in [1.82, 2.24) is 14.8 Å². The van der Waals surface area contributed by atoms with Crippen LogP contribution in [-0.4, -0.2) is 27.2 Å². The highest BCUT2D eigenvalue weighted by Crippen LogP contribution is 2.09. The third-order valence-electron chi connectivity index (χ3n) is 2.57. The predicted octanol–water partition coefficient (Wildman–Crippen LogP) is 0.686. The number of nitrogens with one attached hydrogen (secondary N) is 1. The fourth-order valence-corrected chi connectivity index (χ4v) is 1.73. The van der Waals surface area contributed by atoms with Gasteiger partial charge in [-0.25, -0.2) is 4.98 Å². The van der Waals surface area contributed by atoms with Crippen molar-refractivity contribution in [3.8, 4) is 11.8 Å². The first kappa shape index (κ1) is 13.8. The average molecular weight is 269 g/mol. The van der Waals surface area contributed by atoms with Crippen molar-refractivity contribution in [2.24, 2.45) is 12.8 Å². The van der Waals surface area contributed by atoms with E-state index in [4.69, 9.17) is 5.73 Å². The Hall–Kier alpha value is -2.65. The largest absolute Gasteiger partial charge is 0.320 e. The summed E-state index contributed by atoms with van der Waals surface area (Å²) in [5.41, 5.74) is 7.33. The Kier molecular flexibility index (Phi) is 4.13. The van der Waals surface area contributed by atoms with Crippen LogP contribution in [0, 0.1) is 18.8 Å². The lowest BCUT2D eigenvalue weighted by Gasteiger charge is -2.04. The molecule has 0 atom stereocenters. The number of hydrogen-bond donors (Lipinski definition) is 2. The number of aryl methyl sites for hydroxylation is 2. The Balaban J connectivity index is 2.17. The molecule has 2 heterocycles. The predicted molar refractivity (Wildman–Crippen MR) is 76.1 cm³/mol. The Labute approximate surface area is 117 Å². The van der Waals surface area contributed by atoms with E-state index < -0.39 is 0 Å². The standard InChI is InChI=1S/C14H15N5O/c1-10-8-12(19(2)18-10)14(20)17-13-9-11(4-3-6-15)5-7-16-13/h5,7-9H,6,15H2,1-2H3,(H,16,17,20). The van der Waals surface area contributed by atoms with Gasteiger partial charge in [0.25, 0.3) is 5.91 Å². The average Bonchev–Trinajstić information content (AvgIpc) is 2.76. The zero-order valence-corrected chi connectivity index (χ0v) is 11.3. The Morgan fingerprint density at radius 2 is 2.30 bits per heavy atom. The number of aromatic nitrogens is 3. The molecule has 2 rings (SSSR count). The first-order valence-corrected chi connectivity index (χ1v) is 6.07. The van der Waals surface area contributed by atoms with Gasteiger partial charge in [0.1, 0.15) is 11.5 Å². The number of carbonyl (C=O) groups is 1. The Bertz CT molecular complexity index is 693. The summed E-state index contributed by atoms with van der Waals surface area (Å²) in [5, 5.41) is 6.85. The molecule has 0 aliphatic rings. The molecule has 0 aliphatic heterocycles. The molecule has 6 nitrogen and oxygen atoms in total. The van der Waals surface area contributed by atoms with Crippen LogP contribution in [0.15, 0.2) is 24.4 Å². The van der Waals surface area contributed by atoms with Gasteiger partial charge < -0.3 is 11.1 Å². The summed E-state index contributed by atoms with van der Waals surface area (Å²) in [4.78, 5) is 16.2. The van der Waals surface area contributed by atoms with Crippen LogP contribution in [0.25, 0.3) is 0 Å². The van der Waals surface area contributed by atoms with E-state index in [0.717, 1.165) is 11.3 Å². The van der Waals surface area contributed by atoms with Crippen LogP contribution in [0.3, 0.4) is 0 Å². The maximum absolute atomic E-state index is 12.1. The molecule has 0 aliphatic carbocycles.